The van der Waals surface area contributed by atoms with Crippen molar-refractivity contribution in [2.45, 2.75) is 25.4 Å². The van der Waals surface area contributed by atoms with Gasteiger partial charge < -0.3 is 9.84 Å². The van der Waals surface area contributed by atoms with E-state index in [1.165, 1.54) is 5.56 Å². The summed E-state index contributed by atoms with van der Waals surface area (Å²) in [6, 6.07) is 5.94. The third-order valence-electron chi connectivity index (χ3n) is 2.80. The summed E-state index contributed by atoms with van der Waals surface area (Å²) in [5.41, 5.74) is 2.26. The fraction of sp³-hybridized carbons (Fsp3) is 0.385. The van der Waals surface area contributed by atoms with E-state index in [2.05, 4.69) is 22.5 Å². The lowest BCUT2D eigenvalue weighted by atomic mass is 9.89. The minimum atomic E-state index is -0.334. The second-order valence-electron chi connectivity index (χ2n) is 4.07. The summed E-state index contributed by atoms with van der Waals surface area (Å²) < 4.78 is 6.34. The monoisotopic (exact) mass is 282 g/mol. The van der Waals surface area contributed by atoms with E-state index in [0.29, 0.717) is 6.61 Å². The largest absolute Gasteiger partial charge is 0.488 e. The van der Waals surface area contributed by atoms with E-state index >= 15 is 0 Å². The molecule has 0 spiro atoms. The highest BCUT2D eigenvalue weighted by atomic mass is 79.9. The molecule has 86 valence electrons. The van der Waals surface area contributed by atoms with Crippen molar-refractivity contribution in [2.24, 2.45) is 0 Å². The zero-order chi connectivity index (χ0) is 11.5. The van der Waals surface area contributed by atoms with E-state index in [9.17, 15) is 5.11 Å². The van der Waals surface area contributed by atoms with Gasteiger partial charge in [-0.15, -0.1) is 0 Å². The zero-order valence-corrected chi connectivity index (χ0v) is 10.7. The van der Waals surface area contributed by atoms with Crippen LogP contribution in [0.1, 0.15) is 30.1 Å². The van der Waals surface area contributed by atoms with Gasteiger partial charge in [0.1, 0.15) is 12.4 Å². The number of hydrogen-bond acceptors (Lipinski definition) is 2. The van der Waals surface area contributed by atoms with Crippen molar-refractivity contribution in [3.05, 3.63) is 40.4 Å². The van der Waals surface area contributed by atoms with Crippen molar-refractivity contribution in [3.8, 4) is 5.75 Å². The smallest absolute Gasteiger partial charge is 0.120 e. The number of hydrogen-bond donors (Lipinski definition) is 1. The van der Waals surface area contributed by atoms with Crippen LogP contribution in [0.4, 0.5) is 0 Å². The van der Waals surface area contributed by atoms with Crippen molar-refractivity contribution in [1.29, 1.82) is 0 Å². The van der Waals surface area contributed by atoms with Crippen LogP contribution in [-0.2, 0) is 6.42 Å². The number of benzene rings is 1. The Morgan fingerprint density at radius 1 is 1.56 bits per heavy atom. The van der Waals surface area contributed by atoms with Crippen molar-refractivity contribution in [1.82, 2.24) is 0 Å². The van der Waals surface area contributed by atoms with Gasteiger partial charge in [0.05, 0.1) is 6.10 Å². The molecule has 0 fully saturated rings. The summed E-state index contributed by atoms with van der Waals surface area (Å²) in [6.45, 7) is 4.17. The second-order valence-corrected chi connectivity index (χ2v) is 5.20. The molecule has 0 aliphatic heterocycles. The van der Waals surface area contributed by atoms with E-state index in [4.69, 9.17) is 4.74 Å². The molecule has 1 atom stereocenters. The predicted molar refractivity (Wildman–Crippen MR) is 67.9 cm³/mol. The quantitative estimate of drug-likeness (QED) is 0.921. The maximum absolute atomic E-state index is 9.88. The normalized spacial score (nSPS) is 19.0. The average Bonchev–Trinajstić information content (AvgIpc) is 2.27. The fourth-order valence-corrected chi connectivity index (χ4v) is 2.12. The summed E-state index contributed by atoms with van der Waals surface area (Å²) in [4.78, 5) is 0. The number of aliphatic hydroxyl groups excluding tert-OH is 1. The summed E-state index contributed by atoms with van der Waals surface area (Å²) in [5.74, 6) is 0.792. The second kappa shape index (κ2) is 5.02. The van der Waals surface area contributed by atoms with E-state index in [-0.39, 0.29) is 6.10 Å². The van der Waals surface area contributed by atoms with Crippen LogP contribution in [0.3, 0.4) is 0 Å². The van der Waals surface area contributed by atoms with Gasteiger partial charge in [0.2, 0.25) is 0 Å². The van der Waals surface area contributed by atoms with Gasteiger partial charge in [-0.3, -0.25) is 0 Å². The highest BCUT2D eigenvalue weighted by Crippen LogP contribution is 2.32. The van der Waals surface area contributed by atoms with Crippen LogP contribution >= 0.6 is 15.9 Å². The van der Waals surface area contributed by atoms with E-state index in [1.807, 2.05) is 18.2 Å². The van der Waals surface area contributed by atoms with Crippen LogP contribution in [-0.4, -0.2) is 11.7 Å². The number of fused-ring (bicyclic) bond motifs is 1. The van der Waals surface area contributed by atoms with Gasteiger partial charge in [0.15, 0.2) is 0 Å². The summed E-state index contributed by atoms with van der Waals surface area (Å²) >= 11 is 3.25. The van der Waals surface area contributed by atoms with E-state index in [0.717, 1.165) is 35.1 Å². The van der Waals surface area contributed by atoms with Gasteiger partial charge in [-0.1, -0.05) is 28.6 Å². The van der Waals surface area contributed by atoms with Crippen molar-refractivity contribution in [2.75, 3.05) is 6.61 Å². The molecule has 0 saturated carbocycles. The number of aliphatic hydroxyl groups is 1. The van der Waals surface area contributed by atoms with Crippen LogP contribution in [0.15, 0.2) is 29.3 Å². The fourth-order valence-electron chi connectivity index (χ4n) is 2.00. The van der Waals surface area contributed by atoms with Gasteiger partial charge in [-0.05, 0) is 42.5 Å². The molecule has 0 amide bonds. The zero-order valence-electron chi connectivity index (χ0n) is 9.08. The molecule has 0 aromatic heterocycles. The Kier molecular flexibility index (Phi) is 3.66. The number of halogens is 1. The third kappa shape index (κ3) is 2.66. The Hall–Kier alpha value is -0.800. The first kappa shape index (κ1) is 11.7. The first-order valence-corrected chi connectivity index (χ1v) is 6.23. The topological polar surface area (TPSA) is 29.5 Å². The molecule has 1 aromatic rings. The van der Waals surface area contributed by atoms with Crippen LogP contribution in [0, 0.1) is 0 Å². The number of aryl methyl sites for hydroxylation is 1. The van der Waals surface area contributed by atoms with Crippen LogP contribution in [0.2, 0.25) is 0 Å². The van der Waals surface area contributed by atoms with Gasteiger partial charge in [0.25, 0.3) is 0 Å². The Balaban J connectivity index is 2.17. The first-order chi connectivity index (χ1) is 7.66. The summed E-state index contributed by atoms with van der Waals surface area (Å²) in [7, 11) is 0. The van der Waals surface area contributed by atoms with Gasteiger partial charge in [-0.2, -0.15) is 0 Å². The number of ether oxygens (including phenoxy) is 1. The van der Waals surface area contributed by atoms with Gasteiger partial charge in [0, 0.05) is 4.48 Å². The Bertz CT molecular complexity index is 401. The Labute approximate surface area is 104 Å². The van der Waals surface area contributed by atoms with Gasteiger partial charge >= 0.3 is 0 Å². The lowest BCUT2D eigenvalue weighted by Crippen LogP contribution is -2.09. The van der Waals surface area contributed by atoms with Crippen molar-refractivity contribution < 1.29 is 9.84 Å². The predicted octanol–water partition coefficient (Wildman–Crippen LogP) is 3.34. The molecule has 1 N–H and O–H groups in total. The Morgan fingerprint density at radius 3 is 3.12 bits per heavy atom. The molecule has 1 aliphatic rings. The van der Waals surface area contributed by atoms with Crippen LogP contribution in [0.5, 0.6) is 5.75 Å². The Morgan fingerprint density at radius 2 is 2.38 bits per heavy atom. The maximum atomic E-state index is 9.88. The SMILES string of the molecule is C=C(Br)COc1ccc2c(c1)[C@H](O)CCC2. The molecule has 0 saturated heterocycles. The van der Waals surface area contributed by atoms with Crippen LogP contribution in [0.25, 0.3) is 0 Å². The lowest BCUT2D eigenvalue weighted by molar-refractivity contribution is 0.156. The summed E-state index contributed by atoms with van der Waals surface area (Å²) in [6.07, 6.45) is 2.63. The molecule has 1 aromatic carbocycles. The van der Waals surface area contributed by atoms with Crippen molar-refractivity contribution >= 4 is 15.9 Å². The number of rotatable bonds is 3. The molecule has 0 heterocycles. The average molecular weight is 283 g/mol. The standard InChI is InChI=1S/C13H15BrO2/c1-9(14)8-16-11-6-5-10-3-2-4-13(15)12(10)7-11/h5-7,13,15H,1-4,8H2/t13-/m1/s1. The highest BCUT2D eigenvalue weighted by Gasteiger charge is 2.18. The molecule has 2 nitrogen and oxygen atoms in total. The molecule has 0 bridgehead atoms. The molecule has 3 heteroatoms. The molecule has 0 unspecified atom stereocenters. The highest BCUT2D eigenvalue weighted by molar-refractivity contribution is 9.11. The molecule has 0 radical (unpaired) electrons. The van der Waals surface area contributed by atoms with E-state index in [1.54, 1.807) is 0 Å². The van der Waals surface area contributed by atoms with Gasteiger partial charge in [-0.25, -0.2) is 0 Å². The first-order valence-electron chi connectivity index (χ1n) is 5.44. The minimum absolute atomic E-state index is 0.334. The van der Waals surface area contributed by atoms with E-state index < -0.39 is 0 Å². The molecular formula is C13H15BrO2. The minimum Gasteiger partial charge on any atom is -0.488 e. The van der Waals surface area contributed by atoms with Crippen molar-refractivity contribution in [3.63, 3.8) is 0 Å². The lowest BCUT2D eigenvalue weighted by Gasteiger charge is -2.21. The maximum Gasteiger partial charge on any atom is 0.120 e. The molecule has 1 aliphatic carbocycles. The molecule has 2 rings (SSSR count). The molecule has 16 heavy (non-hydrogen) atoms. The summed E-state index contributed by atoms with van der Waals surface area (Å²) in [5, 5.41) is 9.88. The third-order valence-corrected chi connectivity index (χ3v) is 3.02. The van der Waals surface area contributed by atoms with Crippen LogP contribution < -0.4 is 4.74 Å². The molecular weight excluding hydrogens is 268 g/mol.